The van der Waals surface area contributed by atoms with Gasteiger partial charge >= 0.3 is 0 Å². The van der Waals surface area contributed by atoms with E-state index in [4.69, 9.17) is 4.74 Å². The number of benzene rings is 3. The Morgan fingerprint density at radius 2 is 1.33 bits per heavy atom. The van der Waals surface area contributed by atoms with Crippen LogP contribution in [-0.4, -0.2) is 43.6 Å². The van der Waals surface area contributed by atoms with Gasteiger partial charge in [-0.3, -0.25) is 14.4 Å². The zero-order valence-corrected chi connectivity index (χ0v) is 29.3. The average Bonchev–Trinajstić information content (AvgIpc) is 3.12. The molecule has 4 N–H and O–H groups in total. The van der Waals surface area contributed by atoms with Gasteiger partial charge in [0, 0.05) is 31.3 Å². The normalized spacial score (nSPS) is 11.5. The highest BCUT2D eigenvalue weighted by Crippen LogP contribution is 2.17. The quantitative estimate of drug-likeness (QED) is 0.0419. The number of rotatable bonds is 25. The third-order valence-corrected chi connectivity index (χ3v) is 8.17. The number of hydrogen-bond donors (Lipinski definition) is 4. The summed E-state index contributed by atoms with van der Waals surface area (Å²) in [5, 5.41) is 11.8. The molecule has 0 spiro atoms. The van der Waals surface area contributed by atoms with Gasteiger partial charge in [0.05, 0.1) is 6.61 Å². The Balaban J connectivity index is 1.36. The highest BCUT2D eigenvalue weighted by atomic mass is 16.5. The van der Waals surface area contributed by atoms with Crippen molar-refractivity contribution in [2.24, 2.45) is 0 Å². The van der Waals surface area contributed by atoms with Gasteiger partial charge in [-0.15, -0.1) is 0 Å². The Hall–Kier alpha value is -4.59. The lowest BCUT2D eigenvalue weighted by Gasteiger charge is -2.20. The molecule has 8 heteroatoms. The molecule has 49 heavy (non-hydrogen) atoms. The standard InChI is InChI=1S/C41H56N4O4/c1-2-3-4-5-6-7-8-9-10-17-31-42-38(46)23-18-33-49-37-27-25-36(26-28-37)44-40(41(48)43-32-30-35-21-15-12-16-22-35)45-39(47)29-24-34-19-13-11-14-20-34/h11-16,19-22,24-29,40,44H,2-10,17-18,23,30-33H2,1H3,(H,42,46)(H,43,48)(H,45,47). The van der Waals surface area contributed by atoms with Gasteiger partial charge in [0.15, 0.2) is 6.17 Å². The first-order valence-corrected chi connectivity index (χ1v) is 18.1. The van der Waals surface area contributed by atoms with E-state index in [2.05, 4.69) is 28.2 Å². The minimum atomic E-state index is -0.991. The number of anilines is 1. The summed E-state index contributed by atoms with van der Waals surface area (Å²) in [6.07, 6.45) is 16.6. The van der Waals surface area contributed by atoms with Gasteiger partial charge < -0.3 is 26.0 Å². The molecule has 1 atom stereocenters. The van der Waals surface area contributed by atoms with Crippen LogP contribution >= 0.6 is 0 Å². The fourth-order valence-electron chi connectivity index (χ4n) is 5.34. The van der Waals surface area contributed by atoms with Crippen LogP contribution in [0.1, 0.15) is 95.1 Å². The molecule has 0 heterocycles. The summed E-state index contributed by atoms with van der Waals surface area (Å²) in [7, 11) is 0. The van der Waals surface area contributed by atoms with Crippen LogP contribution in [0.3, 0.4) is 0 Å². The number of amides is 3. The predicted molar refractivity (Wildman–Crippen MR) is 200 cm³/mol. The molecule has 1 unspecified atom stereocenters. The summed E-state index contributed by atoms with van der Waals surface area (Å²) in [5.74, 6) is -0.0148. The summed E-state index contributed by atoms with van der Waals surface area (Å²) in [4.78, 5) is 38.1. The van der Waals surface area contributed by atoms with Crippen molar-refractivity contribution in [1.82, 2.24) is 16.0 Å². The molecule has 3 aromatic rings. The molecule has 8 nitrogen and oxygen atoms in total. The minimum Gasteiger partial charge on any atom is -0.494 e. The van der Waals surface area contributed by atoms with E-state index in [-0.39, 0.29) is 11.8 Å². The van der Waals surface area contributed by atoms with Gasteiger partial charge in [0.25, 0.3) is 5.91 Å². The van der Waals surface area contributed by atoms with Crippen LogP contribution in [-0.2, 0) is 20.8 Å². The van der Waals surface area contributed by atoms with Crippen molar-refractivity contribution >= 4 is 29.5 Å². The highest BCUT2D eigenvalue weighted by Gasteiger charge is 2.19. The maximum atomic E-state index is 13.1. The van der Waals surface area contributed by atoms with Crippen LogP contribution in [0.25, 0.3) is 6.08 Å². The summed E-state index contributed by atoms with van der Waals surface area (Å²) in [6, 6.07) is 26.6. The van der Waals surface area contributed by atoms with Gasteiger partial charge in [-0.1, -0.05) is 125 Å². The fourth-order valence-corrected chi connectivity index (χ4v) is 5.34. The van der Waals surface area contributed by atoms with Crippen molar-refractivity contribution in [1.29, 1.82) is 0 Å². The summed E-state index contributed by atoms with van der Waals surface area (Å²) in [6.45, 7) is 3.84. The zero-order valence-electron chi connectivity index (χ0n) is 29.3. The lowest BCUT2D eigenvalue weighted by atomic mass is 10.1. The number of nitrogens with one attached hydrogen (secondary N) is 4. The maximum Gasteiger partial charge on any atom is 0.263 e. The van der Waals surface area contributed by atoms with Gasteiger partial charge in [0.1, 0.15) is 5.75 Å². The SMILES string of the molecule is CCCCCCCCCCCCNC(=O)CCCOc1ccc(NC(NC(=O)C=Cc2ccccc2)C(=O)NCCc2ccccc2)cc1. The number of unbranched alkanes of at least 4 members (excludes halogenated alkanes) is 9. The molecule has 0 saturated heterocycles. The lowest BCUT2D eigenvalue weighted by molar-refractivity contribution is -0.126. The highest BCUT2D eigenvalue weighted by molar-refractivity contribution is 5.96. The smallest absolute Gasteiger partial charge is 0.263 e. The number of carbonyl (C=O) groups is 3. The molecule has 0 fully saturated rings. The zero-order chi connectivity index (χ0) is 34.8. The fraction of sp³-hybridized carbons (Fsp3) is 0.439. The Morgan fingerprint density at radius 1 is 0.694 bits per heavy atom. The molecule has 0 aliphatic rings. The van der Waals surface area contributed by atoms with Crippen LogP contribution in [0.5, 0.6) is 5.75 Å². The van der Waals surface area contributed by atoms with E-state index in [1.807, 2.05) is 60.7 Å². The Labute approximate surface area is 293 Å². The molecule has 0 radical (unpaired) electrons. The van der Waals surface area contributed by atoms with Crippen molar-refractivity contribution in [2.45, 2.75) is 96.6 Å². The van der Waals surface area contributed by atoms with Crippen molar-refractivity contribution in [3.05, 3.63) is 102 Å². The minimum absolute atomic E-state index is 0.0628. The monoisotopic (exact) mass is 668 g/mol. The van der Waals surface area contributed by atoms with Crippen LogP contribution in [0.15, 0.2) is 91.0 Å². The predicted octanol–water partition coefficient (Wildman–Crippen LogP) is 7.81. The average molecular weight is 669 g/mol. The van der Waals surface area contributed by atoms with Crippen molar-refractivity contribution in [3.8, 4) is 5.75 Å². The molecular formula is C41H56N4O4. The van der Waals surface area contributed by atoms with Crippen molar-refractivity contribution in [3.63, 3.8) is 0 Å². The number of hydrogen-bond acceptors (Lipinski definition) is 5. The number of carbonyl (C=O) groups excluding carboxylic acids is 3. The van der Waals surface area contributed by atoms with Gasteiger partial charge in [-0.2, -0.15) is 0 Å². The molecule has 0 aliphatic heterocycles. The van der Waals surface area contributed by atoms with Crippen LogP contribution in [0.2, 0.25) is 0 Å². The maximum absolute atomic E-state index is 13.1. The largest absolute Gasteiger partial charge is 0.494 e. The topological polar surface area (TPSA) is 109 Å². The molecular weight excluding hydrogens is 612 g/mol. The molecule has 3 aromatic carbocycles. The summed E-state index contributed by atoms with van der Waals surface area (Å²) in [5.41, 5.74) is 2.65. The second-order valence-electron chi connectivity index (χ2n) is 12.4. The Bertz CT molecular complexity index is 1360. The van der Waals surface area contributed by atoms with Gasteiger partial charge in [-0.05, 0) is 60.7 Å². The molecule has 264 valence electrons. The number of ether oxygens (including phenoxy) is 1. The Morgan fingerprint density at radius 3 is 2.00 bits per heavy atom. The second-order valence-corrected chi connectivity index (χ2v) is 12.4. The van der Waals surface area contributed by atoms with E-state index < -0.39 is 12.1 Å². The van der Waals surface area contributed by atoms with E-state index in [9.17, 15) is 14.4 Å². The molecule has 0 saturated carbocycles. The summed E-state index contributed by atoms with van der Waals surface area (Å²) < 4.78 is 5.84. The van der Waals surface area contributed by atoms with E-state index in [0.717, 1.165) is 24.1 Å². The van der Waals surface area contributed by atoms with E-state index in [1.165, 1.54) is 63.9 Å². The molecule has 0 aliphatic carbocycles. The van der Waals surface area contributed by atoms with Crippen LogP contribution in [0, 0.1) is 0 Å². The van der Waals surface area contributed by atoms with Crippen molar-refractivity contribution < 1.29 is 19.1 Å². The lowest BCUT2D eigenvalue weighted by Crippen LogP contribution is -2.51. The summed E-state index contributed by atoms with van der Waals surface area (Å²) >= 11 is 0. The molecule has 0 aromatic heterocycles. The van der Waals surface area contributed by atoms with Gasteiger partial charge in [-0.25, -0.2) is 0 Å². The van der Waals surface area contributed by atoms with Gasteiger partial charge in [0.2, 0.25) is 11.8 Å². The van der Waals surface area contributed by atoms with E-state index in [1.54, 1.807) is 30.3 Å². The molecule has 0 bridgehead atoms. The van der Waals surface area contributed by atoms with E-state index in [0.29, 0.717) is 43.9 Å². The third kappa shape index (κ3) is 17.9. The molecule has 3 rings (SSSR count). The van der Waals surface area contributed by atoms with E-state index >= 15 is 0 Å². The third-order valence-electron chi connectivity index (χ3n) is 8.17. The van der Waals surface area contributed by atoms with Crippen LogP contribution < -0.4 is 26.0 Å². The van der Waals surface area contributed by atoms with Crippen LogP contribution in [0.4, 0.5) is 5.69 Å². The first-order chi connectivity index (χ1) is 24.0. The first kappa shape index (κ1) is 38.9. The second kappa shape index (κ2) is 24.5. The Kier molecular flexibility index (Phi) is 19.5. The first-order valence-electron chi connectivity index (χ1n) is 18.1. The molecule has 3 amide bonds. The van der Waals surface area contributed by atoms with Crippen molar-refractivity contribution in [2.75, 3.05) is 25.0 Å².